The van der Waals surface area contributed by atoms with Gasteiger partial charge in [-0.15, -0.1) is 53.6 Å². The van der Waals surface area contributed by atoms with Gasteiger partial charge in [-0.25, -0.2) is 0 Å². The molecular formula is C32H19F9IrN2-2. The Morgan fingerprint density at radius 1 is 0.614 bits per heavy atom. The van der Waals surface area contributed by atoms with Crippen LogP contribution in [0.2, 0.25) is 0 Å². The van der Waals surface area contributed by atoms with Gasteiger partial charge in [-0.1, -0.05) is 54.6 Å². The molecule has 0 spiro atoms. The van der Waals surface area contributed by atoms with E-state index in [-0.39, 0.29) is 26.2 Å². The number of aryl methyl sites for hydroxylation is 1. The Kier molecular flexibility index (Phi) is 9.37. The summed E-state index contributed by atoms with van der Waals surface area (Å²) >= 11 is 0. The molecule has 0 N–H and O–H groups in total. The summed E-state index contributed by atoms with van der Waals surface area (Å²) in [4.78, 5) is 7.86. The molecule has 0 aliphatic rings. The van der Waals surface area contributed by atoms with Crippen molar-refractivity contribution in [3.63, 3.8) is 0 Å². The summed E-state index contributed by atoms with van der Waals surface area (Å²) in [5.41, 5.74) is -6.39. The van der Waals surface area contributed by atoms with Crippen molar-refractivity contribution in [2.45, 2.75) is 25.4 Å². The van der Waals surface area contributed by atoms with Crippen LogP contribution in [-0.4, -0.2) is 9.97 Å². The van der Waals surface area contributed by atoms with Gasteiger partial charge in [0.15, 0.2) is 0 Å². The smallest absolute Gasteiger partial charge is 0.304 e. The number of rotatable bonds is 3. The molecule has 231 valence electrons. The quantitative estimate of drug-likeness (QED) is 0.134. The molecule has 0 saturated carbocycles. The molecule has 44 heavy (non-hydrogen) atoms. The molecule has 2 aromatic heterocycles. The van der Waals surface area contributed by atoms with Crippen LogP contribution >= 0.6 is 0 Å². The first-order valence-electron chi connectivity index (χ1n) is 13.6. The van der Waals surface area contributed by atoms with E-state index < -0.39 is 58.9 Å². The van der Waals surface area contributed by atoms with Crippen LogP contribution < -0.4 is 0 Å². The van der Waals surface area contributed by atoms with Gasteiger partial charge in [-0.3, -0.25) is 0 Å². The number of alkyl halides is 9. The molecule has 5 aromatic rings. The molecule has 2 heterocycles. The SMILES string of the molecule is [2H]C([2H])([2H])c1ccc(-c2[c-]cc(C(F)(F)F)c(C(F)(F)F)c2C(F)(F)F)nc1.[Ir].[c-]1ccccc1-c1ccc(-c2ccccc2)cn1. The maximum absolute atomic E-state index is 13.4. The van der Waals surface area contributed by atoms with Gasteiger partial charge < -0.3 is 9.97 Å². The first-order valence-corrected chi connectivity index (χ1v) is 12.1. The molecule has 1 radical (unpaired) electrons. The third-order valence-electron chi connectivity index (χ3n) is 5.88. The number of pyridine rings is 2. The summed E-state index contributed by atoms with van der Waals surface area (Å²) in [6.07, 6.45) is -15.0. The Bertz CT molecular complexity index is 1700. The van der Waals surface area contributed by atoms with Crippen molar-refractivity contribution in [2.75, 3.05) is 0 Å². The van der Waals surface area contributed by atoms with Crippen LogP contribution in [0.3, 0.4) is 0 Å². The summed E-state index contributed by atoms with van der Waals surface area (Å²) in [7, 11) is 0. The van der Waals surface area contributed by atoms with E-state index in [1.165, 1.54) is 5.56 Å². The summed E-state index contributed by atoms with van der Waals surface area (Å²) in [6.45, 7) is -2.70. The third-order valence-corrected chi connectivity index (χ3v) is 5.88. The van der Waals surface area contributed by atoms with Gasteiger partial charge in [0.2, 0.25) is 0 Å². The fourth-order valence-corrected chi connectivity index (χ4v) is 4.00. The van der Waals surface area contributed by atoms with Crippen molar-refractivity contribution in [1.29, 1.82) is 0 Å². The standard InChI is InChI=1S/C17H12N.C15H7F9N.Ir/c1-3-7-14(8-4-1)16-11-12-17(18-13-16)15-9-5-2-6-10-15;1-7-2-5-10(25-6-7)8-3-4-9(13(16,17)18)12(15(22,23)24)11(8)14(19,20)21;/h1-9,11-13H;2,4-6H,1H3;/q2*-1;/i;1D3;. The number of aromatic nitrogens is 2. The zero-order chi connectivity index (χ0) is 33.9. The van der Waals surface area contributed by atoms with Gasteiger partial charge in [-0.2, -0.15) is 39.5 Å². The van der Waals surface area contributed by atoms with Crippen LogP contribution in [0.1, 0.15) is 26.4 Å². The second-order valence-electron chi connectivity index (χ2n) is 8.83. The Labute approximate surface area is 264 Å². The summed E-state index contributed by atoms with van der Waals surface area (Å²) in [5, 5.41) is 0. The fourth-order valence-electron chi connectivity index (χ4n) is 4.00. The minimum Gasteiger partial charge on any atom is -0.304 e. The second-order valence-corrected chi connectivity index (χ2v) is 8.83. The van der Waals surface area contributed by atoms with E-state index in [0.717, 1.165) is 22.9 Å². The Hall–Kier alpha value is -4.02. The predicted octanol–water partition coefficient (Wildman–Crippen LogP) is 10.1. The molecule has 0 atom stereocenters. The Morgan fingerprint density at radius 3 is 1.75 bits per heavy atom. The number of hydrogen-bond donors (Lipinski definition) is 0. The van der Waals surface area contributed by atoms with Crippen LogP contribution in [0.15, 0.2) is 97.3 Å². The van der Waals surface area contributed by atoms with Crippen LogP contribution in [-0.2, 0) is 38.6 Å². The molecule has 3 aromatic carbocycles. The molecule has 0 unspecified atom stereocenters. The summed E-state index contributed by atoms with van der Waals surface area (Å²) < 4.78 is 140. The van der Waals surface area contributed by atoms with Crippen LogP contribution in [0, 0.1) is 19.0 Å². The molecule has 0 aliphatic heterocycles. The van der Waals surface area contributed by atoms with Crippen molar-refractivity contribution in [1.82, 2.24) is 9.97 Å². The van der Waals surface area contributed by atoms with E-state index in [2.05, 4.69) is 34.2 Å². The van der Waals surface area contributed by atoms with Crippen molar-refractivity contribution < 1.29 is 63.7 Å². The molecule has 0 bridgehead atoms. The number of nitrogens with zero attached hydrogens (tertiary/aromatic N) is 2. The predicted molar refractivity (Wildman–Crippen MR) is 142 cm³/mol. The van der Waals surface area contributed by atoms with E-state index in [0.29, 0.717) is 12.3 Å². The number of hydrogen-bond acceptors (Lipinski definition) is 2. The van der Waals surface area contributed by atoms with Gasteiger partial charge in [0.25, 0.3) is 0 Å². The van der Waals surface area contributed by atoms with E-state index in [4.69, 9.17) is 4.11 Å². The number of halogens is 9. The van der Waals surface area contributed by atoms with Crippen LogP contribution in [0.25, 0.3) is 33.6 Å². The van der Waals surface area contributed by atoms with Crippen molar-refractivity contribution in [2.24, 2.45) is 0 Å². The van der Waals surface area contributed by atoms with Gasteiger partial charge in [-0.05, 0) is 51.6 Å². The van der Waals surface area contributed by atoms with Gasteiger partial charge >= 0.3 is 18.5 Å². The van der Waals surface area contributed by atoms with Crippen molar-refractivity contribution in [3.05, 3.63) is 132 Å². The first kappa shape index (κ1) is 30.0. The van der Waals surface area contributed by atoms with E-state index in [1.54, 1.807) is 6.07 Å². The van der Waals surface area contributed by atoms with Crippen molar-refractivity contribution in [3.8, 4) is 33.6 Å². The van der Waals surface area contributed by atoms with E-state index in [1.807, 2.05) is 54.7 Å². The topological polar surface area (TPSA) is 25.8 Å². The maximum atomic E-state index is 13.4. The molecule has 0 fully saturated rings. The monoisotopic (exact) mass is 798 g/mol. The summed E-state index contributed by atoms with van der Waals surface area (Å²) in [5.74, 6) is 0. The van der Waals surface area contributed by atoms with Gasteiger partial charge in [0, 0.05) is 36.6 Å². The molecule has 5 rings (SSSR count). The average molecular weight is 798 g/mol. The molecular weight excluding hydrogens is 776 g/mol. The normalized spacial score (nSPS) is 13.0. The molecule has 12 heteroatoms. The number of benzene rings is 3. The van der Waals surface area contributed by atoms with Gasteiger partial charge in [0.1, 0.15) is 0 Å². The molecule has 2 nitrogen and oxygen atoms in total. The Morgan fingerprint density at radius 2 is 1.25 bits per heavy atom. The molecule has 0 saturated heterocycles. The van der Waals surface area contributed by atoms with E-state index >= 15 is 0 Å². The van der Waals surface area contributed by atoms with Crippen LogP contribution in [0.4, 0.5) is 39.5 Å². The van der Waals surface area contributed by atoms with E-state index in [9.17, 15) is 39.5 Å². The van der Waals surface area contributed by atoms with Gasteiger partial charge in [0.05, 0.1) is 0 Å². The minimum absolute atomic E-state index is 0. The Balaban J connectivity index is 0.000000271. The molecule has 0 amide bonds. The van der Waals surface area contributed by atoms with Crippen LogP contribution in [0.5, 0.6) is 0 Å². The minimum atomic E-state index is -5.99. The largest absolute Gasteiger partial charge is 0.401 e. The zero-order valence-corrected chi connectivity index (χ0v) is 24.3. The molecule has 0 aliphatic carbocycles. The van der Waals surface area contributed by atoms with Crippen molar-refractivity contribution >= 4 is 0 Å². The fraction of sp³-hybridized carbons (Fsp3) is 0.125. The first-order chi connectivity index (χ1) is 21.4. The third kappa shape index (κ3) is 8.33. The maximum Gasteiger partial charge on any atom is 0.401 e. The second kappa shape index (κ2) is 13.7. The average Bonchev–Trinajstić information content (AvgIpc) is 3.00. The zero-order valence-electron chi connectivity index (χ0n) is 24.9. The summed E-state index contributed by atoms with van der Waals surface area (Å²) in [6, 6.07) is 28.2.